The Bertz CT molecular complexity index is 485. The highest BCUT2D eigenvalue weighted by atomic mass is 32.2. The average molecular weight is 252 g/mol. The van der Waals surface area contributed by atoms with Crippen molar-refractivity contribution < 1.29 is 9.90 Å². The van der Waals surface area contributed by atoms with E-state index in [9.17, 15) is 4.79 Å². The molecule has 0 bridgehead atoms. The molecule has 4 nitrogen and oxygen atoms in total. The zero-order valence-corrected chi connectivity index (χ0v) is 9.79. The molecule has 1 aromatic carbocycles. The number of nitrogens with zero attached hydrogens (tertiary/aromatic N) is 2. The molecule has 2 aromatic rings. The van der Waals surface area contributed by atoms with Gasteiger partial charge in [0.25, 0.3) is 0 Å². The zero-order valence-electron chi connectivity index (χ0n) is 8.16. The molecule has 6 heteroatoms. The van der Waals surface area contributed by atoms with Crippen LogP contribution in [-0.2, 0) is 5.75 Å². The van der Waals surface area contributed by atoms with Gasteiger partial charge < -0.3 is 5.11 Å². The van der Waals surface area contributed by atoms with Gasteiger partial charge in [-0.25, -0.2) is 9.78 Å². The largest absolute Gasteiger partial charge is 0.478 e. The van der Waals surface area contributed by atoms with Gasteiger partial charge in [-0.15, -0.1) is 0 Å². The second kappa shape index (κ2) is 5.09. The van der Waals surface area contributed by atoms with Crippen LogP contribution in [0.4, 0.5) is 0 Å². The molecule has 0 aliphatic carbocycles. The molecule has 16 heavy (non-hydrogen) atoms. The average Bonchev–Trinajstić information content (AvgIpc) is 2.79. The first-order valence-corrected chi connectivity index (χ1v) is 6.24. The van der Waals surface area contributed by atoms with Gasteiger partial charge in [0.15, 0.2) is 4.34 Å². The van der Waals surface area contributed by atoms with Crippen molar-refractivity contribution in [2.75, 3.05) is 0 Å². The topological polar surface area (TPSA) is 63.1 Å². The summed E-state index contributed by atoms with van der Waals surface area (Å²) in [7, 11) is 0. The van der Waals surface area contributed by atoms with Crippen molar-refractivity contribution in [2.45, 2.75) is 10.1 Å². The smallest absolute Gasteiger partial charge is 0.335 e. The molecule has 0 saturated carbocycles. The molecule has 0 aliphatic rings. The van der Waals surface area contributed by atoms with Gasteiger partial charge in [0.05, 0.1) is 5.56 Å². The number of thioether (sulfide) groups is 1. The van der Waals surface area contributed by atoms with Gasteiger partial charge in [-0.05, 0) is 23.2 Å². The van der Waals surface area contributed by atoms with E-state index in [4.69, 9.17) is 5.11 Å². The lowest BCUT2D eigenvalue weighted by Crippen LogP contribution is -2.00. The van der Waals surface area contributed by atoms with Crippen molar-refractivity contribution in [1.29, 1.82) is 0 Å². The predicted octanol–water partition coefficient (Wildman–Crippen LogP) is 2.53. The quantitative estimate of drug-likeness (QED) is 0.847. The van der Waals surface area contributed by atoms with E-state index in [2.05, 4.69) is 9.36 Å². The van der Waals surface area contributed by atoms with Crippen LogP contribution in [0.15, 0.2) is 34.9 Å². The van der Waals surface area contributed by atoms with E-state index in [0.29, 0.717) is 11.3 Å². The second-order valence-electron chi connectivity index (χ2n) is 2.96. The van der Waals surface area contributed by atoms with E-state index in [1.54, 1.807) is 12.1 Å². The highest BCUT2D eigenvalue weighted by Crippen LogP contribution is 2.24. The number of benzene rings is 1. The van der Waals surface area contributed by atoms with Crippen LogP contribution in [0.25, 0.3) is 0 Å². The Kier molecular flexibility index (Phi) is 3.53. The van der Waals surface area contributed by atoms with Gasteiger partial charge in [0, 0.05) is 5.75 Å². The lowest BCUT2D eigenvalue weighted by atomic mass is 10.1. The van der Waals surface area contributed by atoms with Crippen LogP contribution < -0.4 is 0 Å². The number of aromatic carboxylic acids is 1. The van der Waals surface area contributed by atoms with Crippen LogP contribution in [0, 0.1) is 0 Å². The molecule has 0 aliphatic heterocycles. The summed E-state index contributed by atoms with van der Waals surface area (Å²) in [5.41, 5.74) is 1.15. The summed E-state index contributed by atoms with van der Waals surface area (Å²) in [5, 5.41) is 8.99. The number of rotatable bonds is 4. The predicted molar refractivity (Wildman–Crippen MR) is 62.9 cm³/mol. The number of carboxylic acids is 1. The van der Waals surface area contributed by atoms with Gasteiger partial charge in [-0.2, -0.15) is 4.37 Å². The molecule has 2 rings (SSSR count). The normalized spacial score (nSPS) is 10.2. The van der Waals surface area contributed by atoms with Gasteiger partial charge in [-0.3, -0.25) is 0 Å². The van der Waals surface area contributed by atoms with Gasteiger partial charge in [0.2, 0.25) is 0 Å². The number of aromatic nitrogens is 2. The van der Waals surface area contributed by atoms with Crippen molar-refractivity contribution in [3.05, 3.63) is 41.7 Å². The maximum atomic E-state index is 10.9. The number of hydrogen-bond donors (Lipinski definition) is 1. The zero-order chi connectivity index (χ0) is 11.4. The third kappa shape index (κ3) is 2.59. The summed E-state index contributed by atoms with van der Waals surface area (Å²) in [6.45, 7) is 0. The summed E-state index contributed by atoms with van der Waals surface area (Å²) in [6, 6.07) is 6.99. The summed E-state index contributed by atoms with van der Waals surface area (Å²) >= 11 is 2.80. The van der Waals surface area contributed by atoms with Crippen LogP contribution in [0.1, 0.15) is 15.9 Å². The van der Waals surface area contributed by atoms with Crippen molar-refractivity contribution in [1.82, 2.24) is 9.36 Å². The van der Waals surface area contributed by atoms with Crippen LogP contribution in [-0.4, -0.2) is 20.4 Å². The van der Waals surface area contributed by atoms with Crippen molar-refractivity contribution >= 4 is 29.3 Å². The van der Waals surface area contributed by atoms with Gasteiger partial charge in [-0.1, -0.05) is 30.0 Å². The highest BCUT2D eigenvalue weighted by molar-refractivity contribution is 8.00. The molecule has 82 valence electrons. The van der Waals surface area contributed by atoms with Crippen molar-refractivity contribution in [2.24, 2.45) is 0 Å². The lowest BCUT2D eigenvalue weighted by Gasteiger charge is -2.03. The Balaban J connectivity index is 2.12. The fourth-order valence-corrected chi connectivity index (χ4v) is 2.67. The second-order valence-corrected chi connectivity index (χ2v) is 4.96. The Morgan fingerprint density at radius 3 is 2.94 bits per heavy atom. The van der Waals surface area contributed by atoms with Gasteiger partial charge >= 0.3 is 5.97 Å². The third-order valence-corrected chi connectivity index (χ3v) is 3.79. The number of carboxylic acid groups (broad SMARTS) is 1. The molecule has 1 aromatic heterocycles. The first kappa shape index (κ1) is 11.1. The lowest BCUT2D eigenvalue weighted by molar-refractivity contribution is 0.0696. The Morgan fingerprint density at radius 1 is 1.44 bits per heavy atom. The Labute approximate surface area is 101 Å². The van der Waals surface area contributed by atoms with E-state index in [1.807, 2.05) is 12.1 Å². The Morgan fingerprint density at radius 2 is 2.25 bits per heavy atom. The molecule has 1 N–H and O–H groups in total. The maximum Gasteiger partial charge on any atom is 0.335 e. The van der Waals surface area contributed by atoms with Crippen molar-refractivity contribution in [3.8, 4) is 0 Å². The van der Waals surface area contributed by atoms with E-state index >= 15 is 0 Å². The monoisotopic (exact) mass is 252 g/mol. The van der Waals surface area contributed by atoms with Crippen LogP contribution in [0.3, 0.4) is 0 Å². The molecule has 0 amide bonds. The molecule has 0 radical (unpaired) electrons. The molecule has 0 unspecified atom stereocenters. The first-order chi connectivity index (χ1) is 7.77. The van der Waals surface area contributed by atoms with Crippen LogP contribution in [0.2, 0.25) is 0 Å². The summed E-state index contributed by atoms with van der Waals surface area (Å²) in [6.07, 6.45) is 1.50. The Hall–Kier alpha value is -1.40. The van der Waals surface area contributed by atoms with E-state index in [-0.39, 0.29) is 0 Å². The molecule has 0 saturated heterocycles. The minimum absolute atomic E-state index is 0.347. The fourth-order valence-electron chi connectivity index (χ4n) is 1.22. The molecule has 1 heterocycles. The first-order valence-electron chi connectivity index (χ1n) is 4.48. The van der Waals surface area contributed by atoms with Crippen LogP contribution in [0.5, 0.6) is 0 Å². The molecule has 0 spiro atoms. The molecule has 0 fully saturated rings. The van der Waals surface area contributed by atoms with E-state index in [1.165, 1.54) is 29.6 Å². The minimum atomic E-state index is -0.895. The minimum Gasteiger partial charge on any atom is -0.478 e. The maximum absolute atomic E-state index is 10.9. The molecular formula is C10H8N2O2S2. The van der Waals surface area contributed by atoms with Crippen LogP contribution >= 0.6 is 23.3 Å². The molecule has 0 atom stereocenters. The third-order valence-electron chi connectivity index (χ3n) is 1.94. The number of hydrogen-bond acceptors (Lipinski definition) is 5. The summed E-state index contributed by atoms with van der Waals surface area (Å²) < 4.78 is 4.73. The SMILES string of the molecule is O=C(O)c1ccccc1CSc1ncns1. The fraction of sp³-hybridized carbons (Fsp3) is 0.100. The summed E-state index contributed by atoms with van der Waals surface area (Å²) in [5.74, 6) is -0.300. The molecular weight excluding hydrogens is 244 g/mol. The van der Waals surface area contributed by atoms with Crippen molar-refractivity contribution in [3.63, 3.8) is 0 Å². The standard InChI is InChI=1S/C10H8N2O2S2/c13-9(14)8-4-2-1-3-7(8)5-15-10-11-6-12-16-10/h1-4,6H,5H2,(H,13,14). The summed E-state index contributed by atoms with van der Waals surface area (Å²) in [4.78, 5) is 15.0. The van der Waals surface area contributed by atoms with E-state index < -0.39 is 5.97 Å². The number of carbonyl (C=O) groups is 1. The van der Waals surface area contributed by atoms with Gasteiger partial charge in [0.1, 0.15) is 6.33 Å². The highest BCUT2D eigenvalue weighted by Gasteiger charge is 2.09. The van der Waals surface area contributed by atoms with E-state index in [0.717, 1.165) is 9.90 Å².